The highest BCUT2D eigenvalue weighted by Gasteiger charge is 2.09. The molecule has 0 unspecified atom stereocenters. The average molecular weight is 410 g/mol. The minimum Gasteiger partial charge on any atom is -0.338 e. The molecule has 1 aromatic heterocycles. The number of nitrogens with zero attached hydrogens (tertiary/aromatic N) is 1. The van der Waals surface area contributed by atoms with Gasteiger partial charge in [-0.25, -0.2) is 4.39 Å². The lowest BCUT2D eigenvalue weighted by atomic mass is 10.2. The van der Waals surface area contributed by atoms with Gasteiger partial charge in [0.05, 0.1) is 10.5 Å². The minimum absolute atomic E-state index is 0.00735. The van der Waals surface area contributed by atoms with Crippen molar-refractivity contribution in [3.8, 4) is 0 Å². The molecule has 2 aromatic carbocycles. The van der Waals surface area contributed by atoms with E-state index >= 15 is 0 Å². The van der Waals surface area contributed by atoms with Crippen molar-refractivity contribution < 1.29 is 9.18 Å². The molecule has 0 aliphatic carbocycles. The Morgan fingerprint density at radius 3 is 2.75 bits per heavy atom. The van der Waals surface area contributed by atoms with E-state index in [-0.39, 0.29) is 22.9 Å². The molecule has 0 aliphatic rings. The Labute approximate surface area is 150 Å². The van der Waals surface area contributed by atoms with Crippen LogP contribution in [0.2, 0.25) is 5.02 Å². The molecular formula is C17H11BrClFN2O2. The molecule has 0 saturated heterocycles. The van der Waals surface area contributed by atoms with Gasteiger partial charge in [0, 0.05) is 27.8 Å². The van der Waals surface area contributed by atoms with E-state index in [1.165, 1.54) is 24.3 Å². The minimum atomic E-state index is -0.549. The fraction of sp³-hybridized carbons (Fsp3) is 0.0588. The van der Waals surface area contributed by atoms with Gasteiger partial charge in [0.25, 0.3) is 0 Å². The number of nitrogens with one attached hydrogen (secondary N) is 1. The Morgan fingerprint density at radius 2 is 2.00 bits per heavy atom. The number of fused-ring (bicyclic) bond motifs is 1. The summed E-state index contributed by atoms with van der Waals surface area (Å²) in [6.45, 7) is 0.00735. The molecule has 0 aliphatic heterocycles. The summed E-state index contributed by atoms with van der Waals surface area (Å²) in [5, 5.41) is 3.11. The maximum absolute atomic E-state index is 13.1. The Kier molecular flexibility index (Phi) is 4.69. The first-order chi connectivity index (χ1) is 11.4. The van der Waals surface area contributed by atoms with E-state index in [4.69, 9.17) is 11.6 Å². The number of carbonyl (C=O) groups is 1. The fourth-order valence-corrected chi connectivity index (χ4v) is 2.89. The van der Waals surface area contributed by atoms with Crippen LogP contribution in [0.4, 0.5) is 10.1 Å². The van der Waals surface area contributed by atoms with Gasteiger partial charge in [0.1, 0.15) is 12.4 Å². The molecular weight excluding hydrogens is 399 g/mol. The van der Waals surface area contributed by atoms with Crippen LogP contribution in [0.5, 0.6) is 0 Å². The zero-order chi connectivity index (χ0) is 17.3. The second-order valence-electron chi connectivity index (χ2n) is 5.15. The van der Waals surface area contributed by atoms with Crippen molar-refractivity contribution in [2.75, 3.05) is 5.32 Å². The number of amides is 1. The molecule has 0 fully saturated rings. The quantitative estimate of drug-likeness (QED) is 0.705. The Balaban J connectivity index is 1.87. The van der Waals surface area contributed by atoms with Crippen molar-refractivity contribution in [2.24, 2.45) is 0 Å². The molecule has 0 bridgehead atoms. The maximum Gasteiger partial charge on any atom is 0.244 e. The van der Waals surface area contributed by atoms with Gasteiger partial charge in [-0.15, -0.1) is 0 Å². The summed E-state index contributed by atoms with van der Waals surface area (Å²) in [7, 11) is 0. The maximum atomic E-state index is 13.1. The number of pyridine rings is 1. The summed E-state index contributed by atoms with van der Waals surface area (Å²) >= 11 is 9.03. The number of halogens is 3. The number of carbonyl (C=O) groups excluding carboxylic acids is 1. The van der Waals surface area contributed by atoms with Crippen molar-refractivity contribution in [3.05, 3.63) is 74.2 Å². The number of hydrogen-bond acceptors (Lipinski definition) is 2. The van der Waals surface area contributed by atoms with Gasteiger partial charge in [-0.05, 0) is 36.4 Å². The molecule has 7 heteroatoms. The highest BCUT2D eigenvalue weighted by Crippen LogP contribution is 2.20. The summed E-state index contributed by atoms with van der Waals surface area (Å²) in [5.74, 6) is -0.864. The Hall–Kier alpha value is -2.18. The second-order valence-corrected chi connectivity index (χ2v) is 6.47. The zero-order valence-electron chi connectivity index (χ0n) is 12.2. The first-order valence-corrected chi connectivity index (χ1v) is 8.15. The summed E-state index contributed by atoms with van der Waals surface area (Å²) in [5.41, 5.74) is 0.936. The van der Waals surface area contributed by atoms with Gasteiger partial charge in [0.15, 0.2) is 5.43 Å². The molecule has 24 heavy (non-hydrogen) atoms. The summed E-state index contributed by atoms with van der Waals surface area (Å²) in [6.07, 6.45) is 1.57. The van der Waals surface area contributed by atoms with Crippen molar-refractivity contribution in [3.63, 3.8) is 0 Å². The number of anilines is 1. The third-order valence-corrected chi connectivity index (χ3v) is 4.24. The molecule has 1 amide bonds. The lowest BCUT2D eigenvalue weighted by Crippen LogP contribution is -2.20. The fourth-order valence-electron chi connectivity index (χ4n) is 2.35. The van der Waals surface area contributed by atoms with E-state index in [1.807, 2.05) is 0 Å². The number of aromatic nitrogens is 1. The number of benzene rings is 2. The largest absolute Gasteiger partial charge is 0.338 e. The van der Waals surface area contributed by atoms with Crippen LogP contribution in [-0.4, -0.2) is 10.5 Å². The molecule has 0 spiro atoms. The summed E-state index contributed by atoms with van der Waals surface area (Å²) in [6, 6.07) is 10.7. The highest BCUT2D eigenvalue weighted by atomic mass is 79.9. The van der Waals surface area contributed by atoms with Gasteiger partial charge in [-0.2, -0.15) is 0 Å². The molecule has 1 N–H and O–H groups in total. The van der Waals surface area contributed by atoms with Crippen molar-refractivity contribution in [1.29, 1.82) is 0 Å². The van der Waals surface area contributed by atoms with Gasteiger partial charge >= 0.3 is 0 Å². The van der Waals surface area contributed by atoms with Crippen LogP contribution >= 0.6 is 27.5 Å². The predicted molar refractivity (Wildman–Crippen MR) is 95.9 cm³/mol. The van der Waals surface area contributed by atoms with E-state index in [9.17, 15) is 14.0 Å². The van der Waals surface area contributed by atoms with Crippen LogP contribution in [0.3, 0.4) is 0 Å². The second kappa shape index (κ2) is 6.75. The van der Waals surface area contributed by atoms with Crippen LogP contribution in [0, 0.1) is 5.82 Å². The molecule has 3 aromatic rings. The van der Waals surface area contributed by atoms with Crippen LogP contribution in [0.25, 0.3) is 10.9 Å². The molecule has 3 rings (SSSR count). The van der Waals surface area contributed by atoms with E-state index in [2.05, 4.69) is 21.2 Å². The van der Waals surface area contributed by atoms with Crippen LogP contribution in [-0.2, 0) is 11.3 Å². The first kappa shape index (κ1) is 16.7. The zero-order valence-corrected chi connectivity index (χ0v) is 14.6. The Bertz CT molecular complexity index is 1000. The topological polar surface area (TPSA) is 51.1 Å². The standard InChI is InChI=1S/C17H11BrClFN2O2/c18-10-1-4-15-12(7-10)16(23)5-6-22(15)9-17(24)21-11-2-3-14(20)13(19)8-11/h1-8H,9H2,(H,21,24). The first-order valence-electron chi connectivity index (χ1n) is 6.97. The third kappa shape index (κ3) is 3.49. The average Bonchev–Trinajstić information content (AvgIpc) is 2.54. The van der Waals surface area contributed by atoms with Crippen LogP contribution < -0.4 is 10.7 Å². The third-order valence-electron chi connectivity index (χ3n) is 3.46. The summed E-state index contributed by atoms with van der Waals surface area (Å²) < 4.78 is 15.6. The predicted octanol–water partition coefficient (Wildman–Crippen LogP) is 4.20. The normalized spacial score (nSPS) is 10.8. The van der Waals surface area contributed by atoms with E-state index < -0.39 is 5.82 Å². The summed E-state index contributed by atoms with van der Waals surface area (Å²) in [4.78, 5) is 24.2. The smallest absolute Gasteiger partial charge is 0.244 e. The van der Waals surface area contributed by atoms with E-state index in [0.29, 0.717) is 16.6 Å². The molecule has 0 atom stereocenters. The lowest BCUT2D eigenvalue weighted by molar-refractivity contribution is -0.116. The SMILES string of the molecule is O=C(Cn1ccc(=O)c2cc(Br)ccc21)Nc1ccc(F)c(Cl)c1. The molecule has 0 radical (unpaired) electrons. The van der Waals surface area contributed by atoms with E-state index in [1.54, 1.807) is 29.0 Å². The lowest BCUT2D eigenvalue weighted by Gasteiger charge is -2.11. The monoisotopic (exact) mass is 408 g/mol. The van der Waals surface area contributed by atoms with Gasteiger partial charge < -0.3 is 9.88 Å². The number of hydrogen-bond donors (Lipinski definition) is 1. The van der Waals surface area contributed by atoms with Crippen LogP contribution in [0.15, 0.2) is 57.9 Å². The van der Waals surface area contributed by atoms with Crippen molar-refractivity contribution in [1.82, 2.24) is 4.57 Å². The number of rotatable bonds is 3. The van der Waals surface area contributed by atoms with Crippen LogP contribution in [0.1, 0.15) is 0 Å². The van der Waals surface area contributed by atoms with Gasteiger partial charge in [0.2, 0.25) is 5.91 Å². The molecule has 4 nitrogen and oxygen atoms in total. The van der Waals surface area contributed by atoms with Gasteiger partial charge in [-0.3, -0.25) is 9.59 Å². The van der Waals surface area contributed by atoms with Crippen molar-refractivity contribution >= 4 is 50.0 Å². The molecule has 1 heterocycles. The molecule has 0 saturated carbocycles. The highest BCUT2D eigenvalue weighted by molar-refractivity contribution is 9.10. The van der Waals surface area contributed by atoms with Gasteiger partial charge in [-0.1, -0.05) is 27.5 Å². The Morgan fingerprint density at radius 1 is 1.21 bits per heavy atom. The molecule has 122 valence electrons. The van der Waals surface area contributed by atoms with Crippen molar-refractivity contribution in [2.45, 2.75) is 6.54 Å². The van der Waals surface area contributed by atoms with E-state index in [0.717, 1.165) is 4.47 Å².